The number of hydrogen-bond acceptors (Lipinski definition) is 6. The molecule has 1 aromatic heterocycles. The van der Waals surface area contributed by atoms with Gasteiger partial charge in [-0.25, -0.2) is 9.37 Å². The first-order chi connectivity index (χ1) is 17.4. The van der Waals surface area contributed by atoms with E-state index in [4.69, 9.17) is 4.74 Å². The number of aliphatic hydroxyl groups is 1. The number of anilines is 1. The first kappa shape index (κ1) is 23.4. The molecular formula is C28H21FN2O4S. The van der Waals surface area contributed by atoms with Gasteiger partial charge in [0.2, 0.25) is 0 Å². The number of carbonyl (C=O) groups excluding carboxylic acids is 2. The third-order valence-electron chi connectivity index (χ3n) is 5.89. The largest absolute Gasteiger partial charge is 0.507 e. The Bertz CT molecular complexity index is 1470. The lowest BCUT2D eigenvalue weighted by atomic mass is 9.95. The summed E-state index contributed by atoms with van der Waals surface area (Å²) in [4.78, 5) is 31.4. The second-order valence-electron chi connectivity index (χ2n) is 8.31. The molecule has 0 bridgehead atoms. The van der Waals surface area contributed by atoms with Crippen LogP contribution in [0.15, 0.2) is 89.9 Å². The zero-order valence-corrected chi connectivity index (χ0v) is 20.0. The highest BCUT2D eigenvalue weighted by Crippen LogP contribution is 2.43. The van der Waals surface area contributed by atoms with Crippen LogP contribution in [0.5, 0.6) is 5.75 Å². The van der Waals surface area contributed by atoms with Crippen LogP contribution in [0.1, 0.15) is 28.3 Å². The molecule has 1 saturated heterocycles. The standard InChI is InChI=1S/C28H21FN2O4S/c1-17-5-4-6-18(15-17)16-35-20-11-9-19(10-12-20)25(32)23-24(21-7-2-3-8-22(21)29)31(27(34)26(23)33)28-30-13-14-36-28/h2-15,24,32H,16H2,1H3/t24-/m0/s1. The Hall–Kier alpha value is -4.30. The number of ether oxygens (including phenoxy) is 1. The van der Waals surface area contributed by atoms with Crippen molar-refractivity contribution in [3.8, 4) is 5.75 Å². The third kappa shape index (κ3) is 4.38. The van der Waals surface area contributed by atoms with Crippen molar-refractivity contribution in [1.29, 1.82) is 0 Å². The zero-order chi connectivity index (χ0) is 25.2. The Balaban J connectivity index is 1.50. The molecule has 4 aromatic rings. The van der Waals surface area contributed by atoms with Gasteiger partial charge in [-0.05, 0) is 42.8 Å². The fraction of sp³-hybridized carbons (Fsp3) is 0.107. The SMILES string of the molecule is Cc1cccc(COc2ccc(C(O)=C3C(=O)C(=O)N(c4nccs4)[C@H]3c3ccccc3F)cc2)c1. The summed E-state index contributed by atoms with van der Waals surface area (Å²) in [5, 5.41) is 13.1. The van der Waals surface area contributed by atoms with Gasteiger partial charge in [0.15, 0.2) is 5.13 Å². The molecule has 5 rings (SSSR count). The number of aryl methyl sites for hydroxylation is 1. The highest BCUT2D eigenvalue weighted by molar-refractivity contribution is 7.14. The molecule has 1 N–H and O–H groups in total. The van der Waals surface area contributed by atoms with Gasteiger partial charge in [-0.2, -0.15) is 0 Å². The first-order valence-corrected chi connectivity index (χ1v) is 12.1. The van der Waals surface area contributed by atoms with E-state index in [0.29, 0.717) is 17.9 Å². The second kappa shape index (κ2) is 9.75. The highest BCUT2D eigenvalue weighted by Gasteiger charge is 2.48. The minimum absolute atomic E-state index is 0.0894. The number of rotatable bonds is 6. The van der Waals surface area contributed by atoms with Crippen LogP contribution in [0.3, 0.4) is 0 Å². The second-order valence-corrected chi connectivity index (χ2v) is 9.18. The summed E-state index contributed by atoms with van der Waals surface area (Å²) in [5.41, 5.74) is 2.35. The average Bonchev–Trinajstić information content (AvgIpc) is 3.50. The van der Waals surface area contributed by atoms with Crippen LogP contribution in [0.2, 0.25) is 0 Å². The molecule has 1 amide bonds. The quantitative estimate of drug-likeness (QED) is 0.206. The predicted octanol–water partition coefficient (Wildman–Crippen LogP) is 5.80. The predicted molar refractivity (Wildman–Crippen MR) is 135 cm³/mol. The van der Waals surface area contributed by atoms with Crippen molar-refractivity contribution in [2.45, 2.75) is 19.6 Å². The van der Waals surface area contributed by atoms with Crippen molar-refractivity contribution < 1.29 is 23.8 Å². The fourth-order valence-corrected chi connectivity index (χ4v) is 4.86. The van der Waals surface area contributed by atoms with E-state index in [1.54, 1.807) is 35.7 Å². The number of aromatic nitrogens is 1. The Morgan fingerprint density at radius 3 is 2.56 bits per heavy atom. The third-order valence-corrected chi connectivity index (χ3v) is 6.66. The summed E-state index contributed by atoms with van der Waals surface area (Å²) in [6.45, 7) is 2.38. The summed E-state index contributed by atoms with van der Waals surface area (Å²) in [7, 11) is 0. The Labute approximate surface area is 210 Å². The lowest BCUT2D eigenvalue weighted by Gasteiger charge is -2.23. The highest BCUT2D eigenvalue weighted by atomic mass is 32.1. The number of aliphatic hydroxyl groups excluding tert-OH is 1. The molecule has 36 heavy (non-hydrogen) atoms. The van der Waals surface area contributed by atoms with Crippen LogP contribution in [-0.2, 0) is 16.2 Å². The van der Waals surface area contributed by atoms with Gasteiger partial charge in [0.05, 0.1) is 5.57 Å². The molecule has 8 heteroatoms. The summed E-state index contributed by atoms with van der Waals surface area (Å²) in [6.07, 6.45) is 1.49. The number of thiazole rings is 1. The molecule has 0 radical (unpaired) electrons. The topological polar surface area (TPSA) is 79.7 Å². The van der Waals surface area contributed by atoms with Gasteiger partial charge in [0, 0.05) is 22.7 Å². The number of Topliss-reactive ketones (excluding diaryl/α,β-unsaturated/α-hetero) is 1. The van der Waals surface area contributed by atoms with Crippen LogP contribution in [0.4, 0.5) is 9.52 Å². The zero-order valence-electron chi connectivity index (χ0n) is 19.2. The molecule has 0 unspecified atom stereocenters. The average molecular weight is 501 g/mol. The van der Waals surface area contributed by atoms with Crippen LogP contribution in [-0.4, -0.2) is 21.8 Å². The number of hydrogen-bond donors (Lipinski definition) is 1. The Kier molecular flexibility index (Phi) is 6.35. The van der Waals surface area contributed by atoms with E-state index in [1.165, 1.54) is 24.4 Å². The van der Waals surface area contributed by atoms with Crippen LogP contribution in [0, 0.1) is 12.7 Å². The molecular weight excluding hydrogens is 479 g/mol. The van der Waals surface area contributed by atoms with E-state index in [2.05, 4.69) is 4.98 Å². The van der Waals surface area contributed by atoms with Crippen molar-refractivity contribution in [2.24, 2.45) is 0 Å². The van der Waals surface area contributed by atoms with E-state index >= 15 is 0 Å². The van der Waals surface area contributed by atoms with Gasteiger partial charge in [0.25, 0.3) is 5.78 Å². The monoisotopic (exact) mass is 500 g/mol. The van der Waals surface area contributed by atoms with E-state index in [0.717, 1.165) is 27.4 Å². The molecule has 3 aromatic carbocycles. The van der Waals surface area contributed by atoms with Gasteiger partial charge in [-0.1, -0.05) is 48.0 Å². The summed E-state index contributed by atoms with van der Waals surface area (Å²) >= 11 is 1.14. The van der Waals surface area contributed by atoms with Crippen molar-refractivity contribution >= 4 is 33.9 Å². The number of carbonyl (C=O) groups is 2. The Morgan fingerprint density at radius 2 is 1.86 bits per heavy atom. The van der Waals surface area contributed by atoms with Crippen LogP contribution in [0.25, 0.3) is 5.76 Å². The maximum absolute atomic E-state index is 14.9. The molecule has 1 fully saturated rings. The Morgan fingerprint density at radius 1 is 1.08 bits per heavy atom. The first-order valence-electron chi connectivity index (χ1n) is 11.2. The molecule has 0 spiro atoms. The van der Waals surface area contributed by atoms with E-state index < -0.39 is 29.3 Å². The number of amides is 1. The minimum atomic E-state index is -1.16. The molecule has 2 heterocycles. The van der Waals surface area contributed by atoms with E-state index in [-0.39, 0.29) is 16.3 Å². The molecule has 180 valence electrons. The molecule has 0 saturated carbocycles. The van der Waals surface area contributed by atoms with Crippen molar-refractivity contribution in [3.05, 3.63) is 118 Å². The molecule has 1 aliphatic rings. The smallest absolute Gasteiger partial charge is 0.301 e. The molecule has 6 nitrogen and oxygen atoms in total. The van der Waals surface area contributed by atoms with Gasteiger partial charge in [0.1, 0.15) is 30.0 Å². The van der Waals surface area contributed by atoms with Gasteiger partial charge in [-0.15, -0.1) is 11.3 Å². The number of benzene rings is 3. The maximum Gasteiger partial charge on any atom is 0.301 e. The van der Waals surface area contributed by atoms with Crippen LogP contribution < -0.4 is 9.64 Å². The fourth-order valence-electron chi connectivity index (χ4n) is 4.19. The number of ketones is 1. The van der Waals surface area contributed by atoms with Crippen molar-refractivity contribution in [1.82, 2.24) is 4.98 Å². The van der Waals surface area contributed by atoms with Crippen molar-refractivity contribution in [2.75, 3.05) is 4.90 Å². The van der Waals surface area contributed by atoms with Crippen LogP contribution >= 0.6 is 11.3 Å². The van der Waals surface area contributed by atoms with Gasteiger partial charge < -0.3 is 9.84 Å². The maximum atomic E-state index is 14.9. The van der Waals surface area contributed by atoms with E-state index in [1.807, 2.05) is 31.2 Å². The van der Waals surface area contributed by atoms with Gasteiger partial charge >= 0.3 is 5.91 Å². The molecule has 1 atom stereocenters. The number of nitrogens with zero attached hydrogens (tertiary/aromatic N) is 2. The summed E-state index contributed by atoms with van der Waals surface area (Å²) in [5.74, 6) is -2.21. The minimum Gasteiger partial charge on any atom is -0.507 e. The lowest BCUT2D eigenvalue weighted by Crippen LogP contribution is -2.29. The molecule has 1 aliphatic heterocycles. The lowest BCUT2D eigenvalue weighted by molar-refractivity contribution is -0.132. The van der Waals surface area contributed by atoms with E-state index in [9.17, 15) is 19.1 Å². The van der Waals surface area contributed by atoms with Crippen molar-refractivity contribution in [3.63, 3.8) is 0 Å². The molecule has 0 aliphatic carbocycles. The summed E-state index contributed by atoms with van der Waals surface area (Å²) in [6, 6.07) is 19.2. The summed E-state index contributed by atoms with van der Waals surface area (Å²) < 4.78 is 20.7. The normalized spacial score (nSPS) is 16.9. The van der Waals surface area contributed by atoms with Gasteiger partial charge in [-0.3, -0.25) is 14.5 Å². The number of halogens is 1.